The number of hydrogen-bond acceptors (Lipinski definition) is 2. The second-order valence-corrected chi connectivity index (χ2v) is 6.22. The van der Waals surface area contributed by atoms with Crippen LogP contribution in [0.2, 0.25) is 5.02 Å². The van der Waals surface area contributed by atoms with Crippen molar-refractivity contribution in [3.63, 3.8) is 0 Å². The van der Waals surface area contributed by atoms with Crippen molar-refractivity contribution in [1.82, 2.24) is 10.2 Å². The van der Waals surface area contributed by atoms with Crippen LogP contribution in [0, 0.1) is 0 Å². The van der Waals surface area contributed by atoms with Crippen LogP contribution in [0.15, 0.2) is 18.2 Å². The van der Waals surface area contributed by atoms with E-state index in [-0.39, 0.29) is 17.4 Å². The number of carbonyl (C=O) groups excluding carboxylic acids is 1. The summed E-state index contributed by atoms with van der Waals surface area (Å²) in [6.45, 7) is 6.42. The molecule has 2 heterocycles. The maximum absolute atomic E-state index is 12.0. The predicted molar refractivity (Wildman–Crippen MR) is 71.8 cm³/mol. The number of benzene rings is 1. The van der Waals surface area contributed by atoms with E-state index in [0.29, 0.717) is 6.54 Å². The summed E-state index contributed by atoms with van der Waals surface area (Å²) >= 11 is 6.11. The average molecular weight is 265 g/mol. The molecular formula is C14H17ClN2O. The highest BCUT2D eigenvalue weighted by molar-refractivity contribution is 6.30. The number of hydrogen-bond donors (Lipinski definition) is 1. The fraction of sp³-hybridized carbons (Fsp3) is 0.500. The number of piperazine rings is 1. The van der Waals surface area contributed by atoms with E-state index in [1.165, 1.54) is 11.1 Å². The summed E-state index contributed by atoms with van der Waals surface area (Å²) in [6.07, 6.45) is 0. The molecule has 1 aromatic carbocycles. The summed E-state index contributed by atoms with van der Waals surface area (Å²) in [6, 6.07) is 6.19. The van der Waals surface area contributed by atoms with Crippen LogP contribution in [-0.2, 0) is 10.2 Å². The molecule has 0 radical (unpaired) electrons. The summed E-state index contributed by atoms with van der Waals surface area (Å²) < 4.78 is 0. The van der Waals surface area contributed by atoms with Crippen molar-refractivity contribution < 1.29 is 4.79 Å². The smallest absolute Gasteiger partial charge is 0.237 e. The lowest BCUT2D eigenvalue weighted by Gasteiger charge is -2.47. The molecule has 0 saturated carbocycles. The molecule has 1 amide bonds. The molecular weight excluding hydrogens is 248 g/mol. The van der Waals surface area contributed by atoms with Crippen LogP contribution in [-0.4, -0.2) is 30.4 Å². The number of fused-ring (bicyclic) bond motifs is 3. The third-order valence-electron chi connectivity index (χ3n) is 3.98. The molecule has 18 heavy (non-hydrogen) atoms. The first-order valence-corrected chi connectivity index (χ1v) is 6.67. The zero-order chi connectivity index (χ0) is 12.9. The molecule has 0 bridgehead atoms. The Labute approximate surface area is 112 Å². The minimum absolute atomic E-state index is 0.0105. The fourth-order valence-corrected chi connectivity index (χ4v) is 3.29. The molecule has 2 aliphatic heterocycles. The first-order chi connectivity index (χ1) is 8.49. The van der Waals surface area contributed by atoms with Gasteiger partial charge in [0.15, 0.2) is 0 Å². The van der Waals surface area contributed by atoms with Gasteiger partial charge in [0, 0.05) is 23.5 Å². The first-order valence-electron chi connectivity index (χ1n) is 6.29. The van der Waals surface area contributed by atoms with Crippen LogP contribution < -0.4 is 5.32 Å². The number of nitrogens with one attached hydrogen (secondary N) is 1. The lowest BCUT2D eigenvalue weighted by atomic mass is 9.75. The van der Waals surface area contributed by atoms with Crippen LogP contribution in [0.4, 0.5) is 0 Å². The van der Waals surface area contributed by atoms with Crippen molar-refractivity contribution in [2.24, 2.45) is 0 Å². The van der Waals surface area contributed by atoms with E-state index in [4.69, 9.17) is 11.6 Å². The zero-order valence-corrected chi connectivity index (χ0v) is 11.4. The largest absolute Gasteiger partial charge is 0.332 e. The van der Waals surface area contributed by atoms with Gasteiger partial charge in [0.25, 0.3) is 0 Å². The molecule has 2 aliphatic rings. The predicted octanol–water partition coefficient (Wildman–Crippen LogP) is 2.10. The Morgan fingerprint density at radius 2 is 2.22 bits per heavy atom. The molecule has 3 rings (SSSR count). The first kappa shape index (κ1) is 12.0. The third kappa shape index (κ3) is 1.73. The van der Waals surface area contributed by atoms with Gasteiger partial charge in [-0.2, -0.15) is 0 Å². The number of carbonyl (C=O) groups is 1. The van der Waals surface area contributed by atoms with E-state index in [2.05, 4.69) is 25.2 Å². The Hall–Kier alpha value is -1.06. The van der Waals surface area contributed by atoms with Crippen molar-refractivity contribution in [3.8, 4) is 0 Å². The fourth-order valence-electron chi connectivity index (χ4n) is 3.11. The van der Waals surface area contributed by atoms with E-state index < -0.39 is 0 Å². The van der Waals surface area contributed by atoms with Gasteiger partial charge in [-0.3, -0.25) is 4.79 Å². The van der Waals surface area contributed by atoms with E-state index >= 15 is 0 Å². The average Bonchev–Trinajstić information content (AvgIpc) is 2.30. The lowest BCUT2D eigenvalue weighted by Crippen LogP contribution is -2.56. The Bertz CT molecular complexity index is 513. The number of nitrogens with zero attached hydrogens (tertiary/aromatic N) is 1. The Morgan fingerprint density at radius 1 is 1.44 bits per heavy atom. The molecule has 3 nitrogen and oxygen atoms in total. The summed E-state index contributed by atoms with van der Waals surface area (Å²) in [5.41, 5.74) is 2.49. The monoisotopic (exact) mass is 264 g/mol. The van der Waals surface area contributed by atoms with Crippen molar-refractivity contribution in [3.05, 3.63) is 34.3 Å². The molecule has 0 aliphatic carbocycles. The molecule has 4 heteroatoms. The summed E-state index contributed by atoms with van der Waals surface area (Å²) in [5, 5.41) is 3.93. The summed E-state index contributed by atoms with van der Waals surface area (Å²) in [5.74, 6) is 0.185. The zero-order valence-electron chi connectivity index (χ0n) is 10.7. The van der Waals surface area contributed by atoms with Gasteiger partial charge in [-0.25, -0.2) is 0 Å². The quantitative estimate of drug-likeness (QED) is 0.778. The van der Waals surface area contributed by atoms with Crippen molar-refractivity contribution >= 4 is 17.5 Å². The van der Waals surface area contributed by atoms with E-state index in [9.17, 15) is 4.79 Å². The van der Waals surface area contributed by atoms with E-state index in [1.54, 1.807) is 0 Å². The Morgan fingerprint density at radius 3 is 3.00 bits per heavy atom. The van der Waals surface area contributed by atoms with Gasteiger partial charge >= 0.3 is 0 Å². The number of amides is 1. The SMILES string of the molecule is CC1(C)CN2C(=O)CNC[C@@H]2c2cc(Cl)ccc21. The van der Waals surface area contributed by atoms with Gasteiger partial charge in [0.05, 0.1) is 12.6 Å². The highest BCUT2D eigenvalue weighted by Crippen LogP contribution is 2.41. The molecule has 1 atom stereocenters. The standard InChI is InChI=1S/C14H17ClN2O/c1-14(2)8-17-12(6-16-7-13(17)18)10-5-9(15)3-4-11(10)14/h3-5,12,16H,6-8H2,1-2H3/t12-/m1/s1. The summed E-state index contributed by atoms with van der Waals surface area (Å²) in [7, 11) is 0. The minimum atomic E-state index is -0.0105. The van der Waals surface area contributed by atoms with Crippen molar-refractivity contribution in [1.29, 1.82) is 0 Å². The van der Waals surface area contributed by atoms with Gasteiger partial charge in [-0.1, -0.05) is 31.5 Å². The molecule has 0 unspecified atom stereocenters. The molecule has 0 spiro atoms. The van der Waals surface area contributed by atoms with Crippen LogP contribution in [0.5, 0.6) is 0 Å². The van der Waals surface area contributed by atoms with E-state index in [1.807, 2.05) is 17.0 Å². The molecule has 1 saturated heterocycles. The normalized spacial score (nSPS) is 25.6. The minimum Gasteiger partial charge on any atom is -0.332 e. The topological polar surface area (TPSA) is 32.3 Å². The van der Waals surface area contributed by atoms with Gasteiger partial charge in [-0.15, -0.1) is 0 Å². The van der Waals surface area contributed by atoms with Crippen molar-refractivity contribution in [2.75, 3.05) is 19.6 Å². The summed E-state index contributed by atoms with van der Waals surface area (Å²) in [4.78, 5) is 14.0. The second kappa shape index (κ2) is 3.97. The third-order valence-corrected chi connectivity index (χ3v) is 4.21. The van der Waals surface area contributed by atoms with Crippen molar-refractivity contribution in [2.45, 2.75) is 25.3 Å². The maximum Gasteiger partial charge on any atom is 0.237 e. The Kier molecular flexibility index (Phi) is 2.65. The molecule has 0 aromatic heterocycles. The van der Waals surface area contributed by atoms with Gasteiger partial charge in [0.2, 0.25) is 5.91 Å². The lowest BCUT2D eigenvalue weighted by molar-refractivity contribution is -0.136. The van der Waals surface area contributed by atoms with Gasteiger partial charge < -0.3 is 10.2 Å². The van der Waals surface area contributed by atoms with E-state index in [0.717, 1.165) is 18.1 Å². The molecule has 1 fully saturated rings. The number of halogens is 1. The van der Waals surface area contributed by atoms with Gasteiger partial charge in [-0.05, 0) is 23.3 Å². The highest BCUT2D eigenvalue weighted by Gasteiger charge is 2.41. The molecule has 96 valence electrons. The maximum atomic E-state index is 12.0. The second-order valence-electron chi connectivity index (χ2n) is 5.78. The Balaban J connectivity index is 2.15. The van der Waals surface area contributed by atoms with Gasteiger partial charge in [0.1, 0.15) is 0 Å². The van der Waals surface area contributed by atoms with Crippen LogP contribution in [0.1, 0.15) is 31.0 Å². The number of rotatable bonds is 0. The van der Waals surface area contributed by atoms with Crippen LogP contribution in [0.3, 0.4) is 0 Å². The molecule has 1 aromatic rings. The van der Waals surface area contributed by atoms with Crippen LogP contribution in [0.25, 0.3) is 0 Å². The molecule has 1 N–H and O–H groups in total. The van der Waals surface area contributed by atoms with Crippen LogP contribution >= 0.6 is 11.6 Å². The highest BCUT2D eigenvalue weighted by atomic mass is 35.5.